The lowest BCUT2D eigenvalue weighted by molar-refractivity contribution is 0.669. The predicted molar refractivity (Wildman–Crippen MR) is 317 cm³/mol. The van der Waals surface area contributed by atoms with Gasteiger partial charge < -0.3 is 18.3 Å². The van der Waals surface area contributed by atoms with Gasteiger partial charge >= 0.3 is 0 Å². The van der Waals surface area contributed by atoms with E-state index in [2.05, 4.69) is 264 Å². The molecule has 0 spiro atoms. The van der Waals surface area contributed by atoms with Gasteiger partial charge in [0.2, 0.25) is 0 Å². The van der Waals surface area contributed by atoms with Gasteiger partial charge in [0.25, 0.3) is 0 Å². The van der Waals surface area contributed by atoms with E-state index in [1.165, 1.54) is 44.1 Å². The molecule has 3 aromatic heterocycles. The van der Waals surface area contributed by atoms with Crippen LogP contribution >= 0.6 is 0 Å². The largest absolute Gasteiger partial charge is 0.455 e. The van der Waals surface area contributed by atoms with Gasteiger partial charge in [-0.3, -0.25) is 0 Å². The van der Waals surface area contributed by atoms with Crippen LogP contribution < -0.4 is 4.90 Å². The third-order valence-electron chi connectivity index (χ3n) is 15.2. The number of aromatic nitrogens is 1. The zero-order chi connectivity index (χ0) is 50.1. The van der Waals surface area contributed by atoms with Crippen LogP contribution in [0.4, 0.5) is 17.1 Å². The minimum absolute atomic E-state index is 0.892. The molecule has 76 heavy (non-hydrogen) atoms. The standard InChI is InChI=1S/C72H46N2O2/c1-4-18-50(19-5-1)68-65-46-64(58-24-10-11-27-61(58)70(65)74(52-22-8-3-9-23-52)69(68)51-20-6-2-7-21-51)49-38-44-55(45-39-49)73(53-40-34-47(35-41-53)56-28-16-30-62-59-25-12-14-32-66(59)75-71(56)62)54-42-36-48(37-43-54)57-29-17-31-63-60-26-13-15-33-67(60)76-72(57)63/h1-46H. The average Bonchev–Trinajstić information content (AvgIpc) is 4.29. The second-order valence-corrected chi connectivity index (χ2v) is 19.5. The van der Waals surface area contributed by atoms with Gasteiger partial charge in [-0.15, -0.1) is 0 Å². The van der Waals surface area contributed by atoms with Gasteiger partial charge in [0.1, 0.15) is 22.3 Å². The second kappa shape index (κ2) is 17.8. The van der Waals surface area contributed by atoms with Crippen molar-refractivity contribution in [1.29, 1.82) is 0 Å². The Kier molecular flexibility index (Phi) is 10.2. The lowest BCUT2D eigenvalue weighted by atomic mass is 9.92. The fourth-order valence-corrected chi connectivity index (χ4v) is 11.7. The van der Waals surface area contributed by atoms with Crippen molar-refractivity contribution in [2.75, 3.05) is 4.90 Å². The van der Waals surface area contributed by atoms with Crippen molar-refractivity contribution in [2.45, 2.75) is 0 Å². The van der Waals surface area contributed by atoms with Gasteiger partial charge in [-0.05, 0) is 105 Å². The molecule has 15 aromatic rings. The van der Waals surface area contributed by atoms with Crippen LogP contribution in [0, 0.1) is 0 Å². The van der Waals surface area contributed by atoms with E-state index in [0.717, 1.165) is 100 Å². The molecule has 0 N–H and O–H groups in total. The highest BCUT2D eigenvalue weighted by atomic mass is 16.3. The summed E-state index contributed by atoms with van der Waals surface area (Å²) in [6.07, 6.45) is 0. The number of rotatable bonds is 9. The number of hydrogen-bond acceptors (Lipinski definition) is 3. The van der Waals surface area contributed by atoms with Crippen molar-refractivity contribution < 1.29 is 8.83 Å². The first-order valence-corrected chi connectivity index (χ1v) is 25.9. The van der Waals surface area contributed by atoms with Crippen molar-refractivity contribution >= 4 is 82.6 Å². The molecular weight excluding hydrogens is 925 g/mol. The molecule has 356 valence electrons. The van der Waals surface area contributed by atoms with E-state index in [1.54, 1.807) is 0 Å². The van der Waals surface area contributed by atoms with Gasteiger partial charge in [0.05, 0.1) is 11.2 Å². The molecule has 0 saturated heterocycles. The highest BCUT2D eigenvalue weighted by Crippen LogP contribution is 2.48. The zero-order valence-electron chi connectivity index (χ0n) is 41.3. The van der Waals surface area contributed by atoms with Gasteiger partial charge in [-0.2, -0.15) is 0 Å². The minimum atomic E-state index is 0.892. The van der Waals surface area contributed by atoms with Crippen LogP contribution in [0.15, 0.2) is 288 Å². The lowest BCUT2D eigenvalue weighted by Gasteiger charge is -2.26. The number of para-hydroxylation sites is 5. The Bertz CT molecular complexity index is 4490. The molecule has 0 radical (unpaired) electrons. The summed E-state index contributed by atoms with van der Waals surface area (Å²) in [6.45, 7) is 0. The summed E-state index contributed by atoms with van der Waals surface area (Å²) in [5.41, 5.74) is 20.3. The summed E-state index contributed by atoms with van der Waals surface area (Å²) in [7, 11) is 0. The van der Waals surface area contributed by atoms with Gasteiger partial charge in [-0.1, -0.05) is 212 Å². The Balaban J connectivity index is 0.886. The quantitative estimate of drug-likeness (QED) is 0.145. The summed E-state index contributed by atoms with van der Waals surface area (Å²) in [6, 6.07) is 100. The van der Waals surface area contributed by atoms with E-state index in [4.69, 9.17) is 8.83 Å². The normalized spacial score (nSPS) is 11.7. The SMILES string of the molecule is c1ccc(-c2c(-c3ccccc3)n(-c3ccccc3)c3c2cc(-c2ccc(N(c4ccc(-c5cccc6c5oc5ccccc56)cc4)c4ccc(-c5cccc6c5oc5ccccc56)cc4)cc2)c2ccccc23)cc1. The number of nitrogens with zero attached hydrogens (tertiary/aromatic N) is 2. The molecule has 0 unspecified atom stereocenters. The Morgan fingerprint density at radius 3 is 1.20 bits per heavy atom. The van der Waals surface area contributed by atoms with E-state index >= 15 is 0 Å². The van der Waals surface area contributed by atoms with Crippen LogP contribution in [0.2, 0.25) is 0 Å². The fraction of sp³-hybridized carbons (Fsp3) is 0. The van der Waals surface area contributed by atoms with E-state index in [-0.39, 0.29) is 0 Å². The fourth-order valence-electron chi connectivity index (χ4n) is 11.7. The number of fused-ring (bicyclic) bond motifs is 9. The molecule has 15 rings (SSSR count). The first kappa shape index (κ1) is 43.4. The van der Waals surface area contributed by atoms with E-state index < -0.39 is 0 Å². The first-order valence-electron chi connectivity index (χ1n) is 25.9. The molecule has 0 aliphatic carbocycles. The highest BCUT2D eigenvalue weighted by Gasteiger charge is 2.25. The summed E-state index contributed by atoms with van der Waals surface area (Å²) in [4.78, 5) is 2.35. The summed E-state index contributed by atoms with van der Waals surface area (Å²) >= 11 is 0. The zero-order valence-corrected chi connectivity index (χ0v) is 41.3. The average molecular weight is 971 g/mol. The third-order valence-corrected chi connectivity index (χ3v) is 15.2. The number of hydrogen-bond donors (Lipinski definition) is 0. The smallest absolute Gasteiger partial charge is 0.143 e. The summed E-state index contributed by atoms with van der Waals surface area (Å²) in [5.74, 6) is 0. The molecule has 0 amide bonds. The van der Waals surface area contributed by atoms with Crippen molar-refractivity contribution in [3.63, 3.8) is 0 Å². The van der Waals surface area contributed by atoms with Crippen LogP contribution in [0.3, 0.4) is 0 Å². The maximum atomic E-state index is 6.50. The molecular formula is C72H46N2O2. The minimum Gasteiger partial charge on any atom is -0.455 e. The Morgan fingerprint density at radius 1 is 0.276 bits per heavy atom. The molecule has 3 heterocycles. The van der Waals surface area contributed by atoms with Gasteiger partial charge in [0.15, 0.2) is 0 Å². The van der Waals surface area contributed by atoms with Crippen molar-refractivity contribution in [2.24, 2.45) is 0 Å². The predicted octanol–water partition coefficient (Wildman–Crippen LogP) is 20.4. The van der Waals surface area contributed by atoms with Crippen LogP contribution in [0.1, 0.15) is 0 Å². The maximum Gasteiger partial charge on any atom is 0.143 e. The summed E-state index contributed by atoms with van der Waals surface area (Å²) < 4.78 is 15.5. The molecule has 0 atom stereocenters. The Labute approximate surface area is 439 Å². The van der Waals surface area contributed by atoms with Crippen molar-refractivity contribution in [1.82, 2.24) is 4.57 Å². The van der Waals surface area contributed by atoms with E-state index in [1.807, 2.05) is 24.3 Å². The Hall–Kier alpha value is -10.2. The molecule has 0 saturated carbocycles. The number of furan rings is 2. The maximum absolute atomic E-state index is 6.50. The number of anilines is 3. The monoisotopic (exact) mass is 970 g/mol. The van der Waals surface area contributed by atoms with Crippen molar-refractivity contribution in [3.8, 4) is 61.5 Å². The molecule has 0 aliphatic rings. The lowest BCUT2D eigenvalue weighted by Crippen LogP contribution is -2.09. The summed E-state index contributed by atoms with van der Waals surface area (Å²) in [5, 5.41) is 8.07. The third kappa shape index (κ3) is 7.07. The van der Waals surface area contributed by atoms with Crippen LogP contribution in [0.5, 0.6) is 0 Å². The van der Waals surface area contributed by atoms with Gasteiger partial charge in [0, 0.05) is 71.8 Å². The van der Waals surface area contributed by atoms with Crippen molar-refractivity contribution in [3.05, 3.63) is 279 Å². The first-order chi connectivity index (χ1) is 37.7. The molecule has 0 aliphatic heterocycles. The number of benzene rings is 12. The molecule has 0 bridgehead atoms. The molecule has 4 heteroatoms. The molecule has 12 aromatic carbocycles. The van der Waals surface area contributed by atoms with Crippen LogP contribution in [0.25, 0.3) is 127 Å². The van der Waals surface area contributed by atoms with E-state index in [9.17, 15) is 0 Å². The van der Waals surface area contributed by atoms with E-state index in [0.29, 0.717) is 0 Å². The highest BCUT2D eigenvalue weighted by molar-refractivity contribution is 6.20. The molecule has 0 fully saturated rings. The second-order valence-electron chi connectivity index (χ2n) is 19.5. The molecule has 4 nitrogen and oxygen atoms in total. The van der Waals surface area contributed by atoms with Crippen LogP contribution in [-0.4, -0.2) is 4.57 Å². The van der Waals surface area contributed by atoms with Gasteiger partial charge in [-0.25, -0.2) is 0 Å². The Morgan fingerprint density at radius 2 is 0.684 bits per heavy atom. The topological polar surface area (TPSA) is 34.5 Å². The van der Waals surface area contributed by atoms with Crippen LogP contribution in [-0.2, 0) is 0 Å².